The van der Waals surface area contributed by atoms with Crippen molar-refractivity contribution < 1.29 is 10.2 Å². The summed E-state index contributed by atoms with van der Waals surface area (Å²) in [6, 6.07) is 0. The van der Waals surface area contributed by atoms with Gasteiger partial charge in [0.05, 0.1) is 0 Å². The summed E-state index contributed by atoms with van der Waals surface area (Å²) in [5, 5.41) is 19.8. The van der Waals surface area contributed by atoms with Crippen LogP contribution in [0.4, 0.5) is 0 Å². The Kier molecular flexibility index (Phi) is 3.48. The first-order valence-corrected chi connectivity index (χ1v) is 5.73. The van der Waals surface area contributed by atoms with Crippen molar-refractivity contribution in [2.45, 2.75) is 58.7 Å². The van der Waals surface area contributed by atoms with Gasteiger partial charge in [-0.25, -0.2) is 0 Å². The fourth-order valence-corrected chi connectivity index (χ4v) is 2.42. The van der Waals surface area contributed by atoms with E-state index in [0.717, 1.165) is 19.3 Å². The highest BCUT2D eigenvalue weighted by Gasteiger charge is 2.48. The molecule has 1 aliphatic rings. The van der Waals surface area contributed by atoms with Crippen molar-refractivity contribution >= 4 is 0 Å². The molecule has 1 fully saturated rings. The maximum absolute atomic E-state index is 10.6. The third-order valence-corrected chi connectivity index (χ3v) is 3.66. The van der Waals surface area contributed by atoms with Crippen LogP contribution >= 0.6 is 0 Å². The molecule has 2 nitrogen and oxygen atoms in total. The zero-order valence-corrected chi connectivity index (χ0v) is 10.2. The monoisotopic (exact) mass is 210 g/mol. The predicted octanol–water partition coefficient (Wildman–Crippen LogP) is 1.95. The molecule has 1 rings (SSSR count). The Bertz CT molecular complexity index is 283. The molecule has 3 atom stereocenters. The van der Waals surface area contributed by atoms with E-state index in [-0.39, 0.29) is 11.3 Å². The standard InChI is InChI=1S/C13H22O2/c1-10-6-5-8-12(3,4)13(10,15)9-7-11(2)14/h10-11,14-15H,5-6,8H2,1-4H3/t10-,11+,13+/m0/s1. The van der Waals surface area contributed by atoms with Crippen molar-refractivity contribution in [1.82, 2.24) is 0 Å². The second kappa shape index (κ2) is 4.15. The maximum Gasteiger partial charge on any atom is 0.133 e. The first kappa shape index (κ1) is 12.5. The van der Waals surface area contributed by atoms with Gasteiger partial charge in [0.25, 0.3) is 0 Å². The second-order valence-electron chi connectivity index (χ2n) is 5.39. The third-order valence-electron chi connectivity index (χ3n) is 3.66. The van der Waals surface area contributed by atoms with Gasteiger partial charge in [-0.15, -0.1) is 0 Å². The van der Waals surface area contributed by atoms with E-state index < -0.39 is 11.7 Å². The number of rotatable bonds is 0. The van der Waals surface area contributed by atoms with Gasteiger partial charge in [-0.2, -0.15) is 0 Å². The van der Waals surface area contributed by atoms with Gasteiger partial charge in [0.2, 0.25) is 0 Å². The van der Waals surface area contributed by atoms with Crippen molar-refractivity contribution in [3.05, 3.63) is 0 Å². The fourth-order valence-electron chi connectivity index (χ4n) is 2.42. The van der Waals surface area contributed by atoms with Crippen LogP contribution in [-0.4, -0.2) is 21.9 Å². The maximum atomic E-state index is 10.6. The number of hydrogen-bond acceptors (Lipinski definition) is 2. The Morgan fingerprint density at radius 1 is 1.40 bits per heavy atom. The Morgan fingerprint density at radius 2 is 2.00 bits per heavy atom. The number of aliphatic hydroxyl groups excluding tert-OH is 1. The highest BCUT2D eigenvalue weighted by atomic mass is 16.3. The SMILES string of the molecule is C[C@@H](O)C#C[C@@]1(O)[C@@H](C)CCCC1(C)C. The lowest BCUT2D eigenvalue weighted by Gasteiger charge is -2.47. The van der Waals surface area contributed by atoms with Crippen LogP contribution in [0.3, 0.4) is 0 Å². The molecule has 0 radical (unpaired) electrons. The highest BCUT2D eigenvalue weighted by molar-refractivity contribution is 5.23. The molecule has 0 amide bonds. The smallest absolute Gasteiger partial charge is 0.133 e. The van der Waals surface area contributed by atoms with E-state index in [2.05, 4.69) is 25.7 Å². The van der Waals surface area contributed by atoms with Crippen LogP contribution in [-0.2, 0) is 0 Å². The lowest BCUT2D eigenvalue weighted by atomic mass is 9.61. The van der Waals surface area contributed by atoms with Crippen LogP contribution in [0.2, 0.25) is 0 Å². The molecule has 1 aliphatic carbocycles. The molecule has 1 saturated carbocycles. The molecule has 15 heavy (non-hydrogen) atoms. The van der Waals surface area contributed by atoms with Gasteiger partial charge >= 0.3 is 0 Å². The summed E-state index contributed by atoms with van der Waals surface area (Å²) in [4.78, 5) is 0. The van der Waals surface area contributed by atoms with E-state index in [1.165, 1.54) is 0 Å². The Hall–Kier alpha value is -0.520. The molecule has 0 aromatic rings. The molecule has 0 spiro atoms. The summed E-state index contributed by atoms with van der Waals surface area (Å²) in [6.07, 6.45) is 2.47. The molecular formula is C13H22O2. The first-order chi connectivity index (χ1) is 6.79. The number of hydrogen-bond donors (Lipinski definition) is 2. The minimum Gasteiger partial charge on any atom is -0.381 e. The zero-order valence-electron chi connectivity index (χ0n) is 10.2. The molecule has 0 unspecified atom stereocenters. The Labute approximate surface area is 92.7 Å². The second-order valence-corrected chi connectivity index (χ2v) is 5.39. The van der Waals surface area contributed by atoms with Gasteiger partial charge < -0.3 is 10.2 Å². The molecule has 0 heterocycles. The molecule has 0 aliphatic heterocycles. The summed E-state index contributed by atoms with van der Waals surface area (Å²) in [5.41, 5.74) is -1.14. The molecule has 2 N–H and O–H groups in total. The van der Waals surface area contributed by atoms with Crippen molar-refractivity contribution in [2.75, 3.05) is 0 Å². The fraction of sp³-hybridized carbons (Fsp3) is 0.846. The van der Waals surface area contributed by atoms with Gasteiger partial charge in [0, 0.05) is 5.41 Å². The summed E-state index contributed by atoms with van der Waals surface area (Å²) < 4.78 is 0. The topological polar surface area (TPSA) is 40.5 Å². The molecule has 0 aromatic carbocycles. The number of aliphatic hydroxyl groups is 2. The van der Waals surface area contributed by atoms with Crippen LogP contribution in [0.25, 0.3) is 0 Å². The van der Waals surface area contributed by atoms with Crippen molar-refractivity contribution in [3.63, 3.8) is 0 Å². The van der Waals surface area contributed by atoms with Crippen LogP contribution in [0.5, 0.6) is 0 Å². The van der Waals surface area contributed by atoms with E-state index in [0.29, 0.717) is 0 Å². The van der Waals surface area contributed by atoms with Gasteiger partial charge in [0.15, 0.2) is 0 Å². The minimum absolute atomic E-state index is 0.174. The van der Waals surface area contributed by atoms with E-state index in [1.54, 1.807) is 6.92 Å². The van der Waals surface area contributed by atoms with E-state index in [1.807, 2.05) is 6.92 Å². The van der Waals surface area contributed by atoms with Crippen LogP contribution < -0.4 is 0 Å². The average molecular weight is 210 g/mol. The molecular weight excluding hydrogens is 188 g/mol. The van der Waals surface area contributed by atoms with Crippen molar-refractivity contribution in [3.8, 4) is 11.8 Å². The summed E-state index contributed by atoms with van der Waals surface area (Å²) in [5.74, 6) is 5.76. The minimum atomic E-state index is -0.956. The van der Waals surface area contributed by atoms with Gasteiger partial charge in [0.1, 0.15) is 11.7 Å². The largest absolute Gasteiger partial charge is 0.381 e. The Morgan fingerprint density at radius 3 is 2.47 bits per heavy atom. The summed E-state index contributed by atoms with van der Waals surface area (Å²) >= 11 is 0. The van der Waals surface area contributed by atoms with Crippen molar-refractivity contribution in [2.24, 2.45) is 11.3 Å². The first-order valence-electron chi connectivity index (χ1n) is 5.73. The van der Waals surface area contributed by atoms with Crippen LogP contribution in [0.1, 0.15) is 47.0 Å². The molecule has 0 bridgehead atoms. The third kappa shape index (κ3) is 2.35. The van der Waals surface area contributed by atoms with Crippen molar-refractivity contribution in [1.29, 1.82) is 0 Å². The highest BCUT2D eigenvalue weighted by Crippen LogP contribution is 2.46. The van der Waals surface area contributed by atoms with Crippen LogP contribution in [0, 0.1) is 23.2 Å². The van der Waals surface area contributed by atoms with E-state index in [9.17, 15) is 5.11 Å². The average Bonchev–Trinajstić information content (AvgIpc) is 2.11. The van der Waals surface area contributed by atoms with Gasteiger partial charge in [-0.3, -0.25) is 0 Å². The Balaban J connectivity index is 3.00. The molecule has 0 saturated heterocycles. The summed E-state index contributed by atoms with van der Waals surface area (Å²) in [6.45, 7) is 7.77. The quantitative estimate of drug-likeness (QED) is 0.600. The van der Waals surface area contributed by atoms with Gasteiger partial charge in [-0.05, 0) is 25.7 Å². The van der Waals surface area contributed by atoms with E-state index in [4.69, 9.17) is 5.11 Å². The normalized spacial score (nSPS) is 36.5. The van der Waals surface area contributed by atoms with Crippen LogP contribution in [0.15, 0.2) is 0 Å². The molecule has 86 valence electrons. The molecule has 2 heteroatoms. The summed E-state index contributed by atoms with van der Waals surface area (Å²) in [7, 11) is 0. The lowest BCUT2D eigenvalue weighted by Crippen LogP contribution is -2.51. The zero-order chi connectivity index (χ0) is 11.7. The predicted molar refractivity (Wildman–Crippen MR) is 61.2 cm³/mol. The lowest BCUT2D eigenvalue weighted by molar-refractivity contribution is -0.0862. The van der Waals surface area contributed by atoms with E-state index >= 15 is 0 Å². The molecule has 0 aromatic heterocycles. The van der Waals surface area contributed by atoms with Gasteiger partial charge in [-0.1, -0.05) is 39.0 Å².